The number of aliphatic hydroxyl groups excluding tert-OH is 1. The SMILES string of the molecule is CCCCOCC(O)CSc1nccc(=O)[nH]1. The van der Waals surface area contributed by atoms with Crippen LogP contribution in [-0.2, 0) is 4.74 Å². The Kier molecular flexibility index (Phi) is 6.91. The van der Waals surface area contributed by atoms with Gasteiger partial charge in [-0.25, -0.2) is 4.98 Å². The number of thioether (sulfide) groups is 1. The Morgan fingerprint density at radius 3 is 3.18 bits per heavy atom. The summed E-state index contributed by atoms with van der Waals surface area (Å²) in [6.07, 6.45) is 3.00. The second kappa shape index (κ2) is 8.27. The largest absolute Gasteiger partial charge is 0.390 e. The fourth-order valence-electron chi connectivity index (χ4n) is 1.11. The van der Waals surface area contributed by atoms with Crippen LogP contribution >= 0.6 is 11.8 Å². The van der Waals surface area contributed by atoms with Crippen molar-refractivity contribution >= 4 is 11.8 Å². The first kappa shape index (κ1) is 14.2. The fourth-order valence-corrected chi connectivity index (χ4v) is 1.87. The molecule has 1 aromatic rings. The molecule has 1 atom stereocenters. The lowest BCUT2D eigenvalue weighted by Crippen LogP contribution is -2.19. The van der Waals surface area contributed by atoms with Crippen LogP contribution in [-0.4, -0.2) is 40.1 Å². The minimum absolute atomic E-state index is 0.184. The highest BCUT2D eigenvalue weighted by Gasteiger charge is 2.06. The molecule has 1 aromatic heterocycles. The van der Waals surface area contributed by atoms with E-state index in [4.69, 9.17) is 4.74 Å². The van der Waals surface area contributed by atoms with E-state index in [1.54, 1.807) is 0 Å². The number of rotatable bonds is 8. The first-order chi connectivity index (χ1) is 8.22. The number of hydrogen-bond donors (Lipinski definition) is 2. The van der Waals surface area contributed by atoms with Gasteiger partial charge in [-0.1, -0.05) is 25.1 Å². The Bertz CT molecular complexity index is 370. The van der Waals surface area contributed by atoms with Crippen molar-refractivity contribution in [2.75, 3.05) is 19.0 Å². The molecule has 6 heteroatoms. The van der Waals surface area contributed by atoms with E-state index in [0.29, 0.717) is 24.1 Å². The van der Waals surface area contributed by atoms with Crippen LogP contribution in [0.25, 0.3) is 0 Å². The van der Waals surface area contributed by atoms with Gasteiger partial charge in [-0.15, -0.1) is 0 Å². The summed E-state index contributed by atoms with van der Waals surface area (Å²) in [5.41, 5.74) is -0.184. The molecular weight excluding hydrogens is 240 g/mol. The van der Waals surface area contributed by atoms with Gasteiger partial charge in [0.05, 0.1) is 12.7 Å². The highest BCUT2D eigenvalue weighted by Crippen LogP contribution is 2.11. The molecule has 1 unspecified atom stereocenters. The summed E-state index contributed by atoms with van der Waals surface area (Å²) in [7, 11) is 0. The molecule has 2 N–H and O–H groups in total. The molecule has 0 aromatic carbocycles. The Labute approximate surface area is 105 Å². The zero-order chi connectivity index (χ0) is 12.5. The number of aromatic amines is 1. The lowest BCUT2D eigenvalue weighted by molar-refractivity contribution is 0.0473. The van der Waals surface area contributed by atoms with Crippen molar-refractivity contribution in [1.29, 1.82) is 0 Å². The van der Waals surface area contributed by atoms with E-state index in [0.717, 1.165) is 12.8 Å². The summed E-state index contributed by atoms with van der Waals surface area (Å²) in [6, 6.07) is 1.36. The quantitative estimate of drug-likeness (QED) is 0.414. The van der Waals surface area contributed by atoms with E-state index in [1.165, 1.54) is 24.0 Å². The average molecular weight is 258 g/mol. The van der Waals surface area contributed by atoms with Gasteiger partial charge in [0.2, 0.25) is 0 Å². The Morgan fingerprint density at radius 2 is 2.47 bits per heavy atom. The van der Waals surface area contributed by atoms with Crippen LogP contribution in [0.5, 0.6) is 0 Å². The maximum Gasteiger partial charge on any atom is 0.251 e. The molecule has 17 heavy (non-hydrogen) atoms. The summed E-state index contributed by atoms with van der Waals surface area (Å²) in [5.74, 6) is 0.457. The third-order valence-electron chi connectivity index (χ3n) is 2.01. The van der Waals surface area contributed by atoms with E-state index >= 15 is 0 Å². The number of H-pyrrole nitrogens is 1. The molecular formula is C11H18N2O3S. The Hall–Kier alpha value is -0.850. The van der Waals surface area contributed by atoms with Crippen molar-refractivity contribution in [3.63, 3.8) is 0 Å². The van der Waals surface area contributed by atoms with Crippen LogP contribution in [0.2, 0.25) is 0 Å². The molecule has 1 heterocycles. The summed E-state index contributed by atoms with van der Waals surface area (Å²) in [5, 5.41) is 10.1. The number of aromatic nitrogens is 2. The maximum atomic E-state index is 11.0. The number of unbranched alkanes of at least 4 members (excludes halogenated alkanes) is 1. The van der Waals surface area contributed by atoms with E-state index in [1.807, 2.05) is 0 Å². The number of nitrogens with zero attached hydrogens (tertiary/aromatic N) is 1. The van der Waals surface area contributed by atoms with Crippen molar-refractivity contribution < 1.29 is 9.84 Å². The average Bonchev–Trinajstić information content (AvgIpc) is 2.32. The van der Waals surface area contributed by atoms with Gasteiger partial charge in [-0.2, -0.15) is 0 Å². The summed E-state index contributed by atoms with van der Waals surface area (Å²) >= 11 is 1.31. The second-order valence-corrected chi connectivity index (χ2v) is 4.64. The minimum atomic E-state index is -0.539. The van der Waals surface area contributed by atoms with Crippen LogP contribution in [0.3, 0.4) is 0 Å². The minimum Gasteiger partial charge on any atom is -0.390 e. The molecule has 0 amide bonds. The highest BCUT2D eigenvalue weighted by atomic mass is 32.2. The molecule has 1 rings (SSSR count). The molecule has 0 bridgehead atoms. The highest BCUT2D eigenvalue weighted by molar-refractivity contribution is 7.99. The van der Waals surface area contributed by atoms with E-state index in [9.17, 15) is 9.90 Å². The van der Waals surface area contributed by atoms with Gasteiger partial charge in [0, 0.05) is 24.6 Å². The van der Waals surface area contributed by atoms with Crippen molar-refractivity contribution in [3.8, 4) is 0 Å². The zero-order valence-corrected chi connectivity index (χ0v) is 10.7. The van der Waals surface area contributed by atoms with Gasteiger partial charge in [-0.3, -0.25) is 4.79 Å². The lowest BCUT2D eigenvalue weighted by atomic mass is 10.3. The number of nitrogens with one attached hydrogen (secondary N) is 1. The lowest BCUT2D eigenvalue weighted by Gasteiger charge is -2.10. The predicted octanol–water partition coefficient (Wildman–Crippen LogP) is 1.04. The fraction of sp³-hybridized carbons (Fsp3) is 0.636. The number of ether oxygens (including phenoxy) is 1. The van der Waals surface area contributed by atoms with E-state index in [-0.39, 0.29) is 5.56 Å². The van der Waals surface area contributed by atoms with Crippen LogP contribution < -0.4 is 5.56 Å². The molecule has 0 aliphatic carbocycles. The molecule has 96 valence electrons. The van der Waals surface area contributed by atoms with Crippen LogP contribution in [0.15, 0.2) is 22.2 Å². The van der Waals surface area contributed by atoms with Crippen LogP contribution in [0.4, 0.5) is 0 Å². The topological polar surface area (TPSA) is 75.2 Å². The van der Waals surface area contributed by atoms with E-state index < -0.39 is 6.10 Å². The summed E-state index contributed by atoms with van der Waals surface area (Å²) < 4.78 is 5.29. The molecule has 0 spiro atoms. The molecule has 0 fully saturated rings. The van der Waals surface area contributed by atoms with Gasteiger partial charge in [0.25, 0.3) is 5.56 Å². The summed E-state index contributed by atoms with van der Waals surface area (Å²) in [4.78, 5) is 17.5. The normalized spacial score (nSPS) is 12.6. The van der Waals surface area contributed by atoms with Gasteiger partial charge >= 0.3 is 0 Å². The van der Waals surface area contributed by atoms with Crippen molar-refractivity contribution in [3.05, 3.63) is 22.6 Å². The Balaban J connectivity index is 2.19. The first-order valence-corrected chi connectivity index (χ1v) is 6.65. The van der Waals surface area contributed by atoms with Gasteiger partial charge in [0.15, 0.2) is 5.16 Å². The monoisotopic (exact) mass is 258 g/mol. The Morgan fingerprint density at radius 1 is 1.65 bits per heavy atom. The summed E-state index contributed by atoms with van der Waals surface area (Å²) in [6.45, 7) is 3.09. The number of aliphatic hydroxyl groups is 1. The molecule has 0 saturated carbocycles. The van der Waals surface area contributed by atoms with E-state index in [2.05, 4.69) is 16.9 Å². The molecule has 0 radical (unpaired) electrons. The predicted molar refractivity (Wildman–Crippen MR) is 67.3 cm³/mol. The van der Waals surface area contributed by atoms with Crippen molar-refractivity contribution in [1.82, 2.24) is 9.97 Å². The second-order valence-electron chi connectivity index (χ2n) is 3.63. The zero-order valence-electron chi connectivity index (χ0n) is 9.89. The standard InChI is InChI=1S/C11H18N2O3S/c1-2-3-6-16-7-9(14)8-17-11-12-5-4-10(15)13-11/h4-5,9,14H,2-3,6-8H2,1H3,(H,12,13,15). The number of hydrogen-bond acceptors (Lipinski definition) is 5. The van der Waals surface area contributed by atoms with Gasteiger partial charge in [-0.05, 0) is 6.42 Å². The molecule has 5 nitrogen and oxygen atoms in total. The van der Waals surface area contributed by atoms with Crippen molar-refractivity contribution in [2.45, 2.75) is 31.0 Å². The third-order valence-corrected chi connectivity index (χ3v) is 3.05. The third kappa shape index (κ3) is 6.45. The maximum absolute atomic E-state index is 11.0. The molecule has 0 saturated heterocycles. The van der Waals surface area contributed by atoms with Gasteiger partial charge < -0.3 is 14.8 Å². The van der Waals surface area contributed by atoms with Crippen molar-refractivity contribution in [2.24, 2.45) is 0 Å². The molecule has 0 aliphatic heterocycles. The van der Waals surface area contributed by atoms with Gasteiger partial charge in [0.1, 0.15) is 0 Å². The molecule has 0 aliphatic rings. The smallest absolute Gasteiger partial charge is 0.251 e. The van der Waals surface area contributed by atoms with Crippen LogP contribution in [0.1, 0.15) is 19.8 Å². The first-order valence-electron chi connectivity index (χ1n) is 5.66. The van der Waals surface area contributed by atoms with Crippen LogP contribution in [0, 0.1) is 0 Å².